The summed E-state index contributed by atoms with van der Waals surface area (Å²) in [7, 11) is 0. The zero-order chi connectivity index (χ0) is 24.5. The number of benzene rings is 3. The Balaban J connectivity index is 1.40. The first-order valence-electron chi connectivity index (χ1n) is 11.7. The molecule has 9 nitrogen and oxygen atoms in total. The predicted octanol–water partition coefficient (Wildman–Crippen LogP) is 3.91. The van der Waals surface area contributed by atoms with Crippen LogP contribution in [0.5, 0.6) is 0 Å². The molecule has 0 radical (unpaired) electrons. The Morgan fingerprint density at radius 1 is 0.917 bits per heavy atom. The fraction of sp³-hybridized carbons (Fsp3) is 0.148. The Labute approximate surface area is 207 Å². The second-order valence-electron chi connectivity index (χ2n) is 8.46. The van der Waals surface area contributed by atoms with Gasteiger partial charge in [-0.2, -0.15) is 9.97 Å². The maximum absolute atomic E-state index is 13.3. The maximum atomic E-state index is 13.3. The molecule has 1 aliphatic heterocycles. The van der Waals surface area contributed by atoms with Gasteiger partial charge in [0.05, 0.1) is 30.8 Å². The highest BCUT2D eigenvalue weighted by Crippen LogP contribution is 2.30. The molecule has 178 valence electrons. The SMILES string of the molecule is Nc1nc(N2CCOCC2)c2nc(-c3ccccc3NC(=O)c3cccc4ccccc34)cnc2n1. The summed E-state index contributed by atoms with van der Waals surface area (Å²) >= 11 is 0. The number of rotatable bonds is 4. The van der Waals surface area contributed by atoms with Crippen LogP contribution < -0.4 is 16.0 Å². The molecule has 5 aromatic rings. The van der Waals surface area contributed by atoms with Crippen LogP contribution >= 0.6 is 0 Å². The Bertz CT molecular complexity index is 1590. The highest BCUT2D eigenvalue weighted by atomic mass is 16.5. The van der Waals surface area contributed by atoms with Crippen LogP contribution in [0.25, 0.3) is 33.2 Å². The number of nitrogen functional groups attached to an aromatic ring is 1. The third-order valence-corrected chi connectivity index (χ3v) is 6.20. The van der Waals surface area contributed by atoms with E-state index in [1.807, 2.05) is 66.7 Å². The van der Waals surface area contributed by atoms with Crippen molar-refractivity contribution >= 4 is 45.3 Å². The number of hydrogen-bond donors (Lipinski definition) is 2. The van der Waals surface area contributed by atoms with Gasteiger partial charge < -0.3 is 20.7 Å². The van der Waals surface area contributed by atoms with Crippen LogP contribution in [-0.2, 0) is 4.74 Å². The van der Waals surface area contributed by atoms with E-state index in [-0.39, 0.29) is 11.9 Å². The van der Waals surface area contributed by atoms with Crippen molar-refractivity contribution in [2.45, 2.75) is 0 Å². The molecule has 1 fully saturated rings. The number of anilines is 3. The molecule has 0 bridgehead atoms. The molecular formula is C27H23N7O2. The van der Waals surface area contributed by atoms with Gasteiger partial charge in [-0.25, -0.2) is 9.97 Å². The van der Waals surface area contributed by atoms with Gasteiger partial charge in [0.15, 0.2) is 17.0 Å². The van der Waals surface area contributed by atoms with Gasteiger partial charge in [-0.3, -0.25) is 4.79 Å². The van der Waals surface area contributed by atoms with E-state index in [2.05, 4.69) is 25.2 Å². The van der Waals surface area contributed by atoms with Crippen LogP contribution in [0.3, 0.4) is 0 Å². The molecule has 0 saturated carbocycles. The van der Waals surface area contributed by atoms with Crippen molar-refractivity contribution in [3.05, 3.63) is 78.5 Å². The number of nitrogens with zero attached hydrogens (tertiary/aromatic N) is 5. The van der Waals surface area contributed by atoms with Crippen molar-refractivity contribution in [1.29, 1.82) is 0 Å². The van der Waals surface area contributed by atoms with Crippen molar-refractivity contribution in [1.82, 2.24) is 19.9 Å². The Hall–Kier alpha value is -4.63. The first kappa shape index (κ1) is 21.9. The maximum Gasteiger partial charge on any atom is 0.256 e. The lowest BCUT2D eigenvalue weighted by Gasteiger charge is -2.28. The van der Waals surface area contributed by atoms with Crippen LogP contribution in [0, 0.1) is 0 Å². The fourth-order valence-electron chi connectivity index (χ4n) is 4.46. The number of morpholine rings is 1. The number of hydrogen-bond acceptors (Lipinski definition) is 8. The quantitative estimate of drug-likeness (QED) is 0.400. The summed E-state index contributed by atoms with van der Waals surface area (Å²) in [4.78, 5) is 33.5. The minimum absolute atomic E-state index is 0.147. The summed E-state index contributed by atoms with van der Waals surface area (Å²) in [6.45, 7) is 2.55. The van der Waals surface area contributed by atoms with Gasteiger partial charge in [0.25, 0.3) is 5.91 Å². The van der Waals surface area contributed by atoms with Crippen LogP contribution in [0.4, 0.5) is 17.5 Å². The van der Waals surface area contributed by atoms with Crippen LogP contribution in [0.1, 0.15) is 10.4 Å². The number of fused-ring (bicyclic) bond motifs is 2. The summed E-state index contributed by atoms with van der Waals surface area (Å²) < 4.78 is 5.48. The number of para-hydroxylation sites is 1. The molecule has 9 heteroatoms. The van der Waals surface area contributed by atoms with E-state index < -0.39 is 0 Å². The Kier molecular flexibility index (Phi) is 5.59. The average Bonchev–Trinajstić information content (AvgIpc) is 2.93. The molecule has 0 atom stereocenters. The summed E-state index contributed by atoms with van der Waals surface area (Å²) in [5, 5.41) is 4.97. The van der Waals surface area contributed by atoms with Gasteiger partial charge in [0.2, 0.25) is 5.95 Å². The number of carbonyl (C=O) groups excluding carboxylic acids is 1. The van der Waals surface area contributed by atoms with Crippen molar-refractivity contribution in [3.8, 4) is 11.3 Å². The van der Waals surface area contributed by atoms with E-state index in [9.17, 15) is 4.79 Å². The van der Waals surface area contributed by atoms with Crippen LogP contribution in [-0.4, -0.2) is 52.1 Å². The third kappa shape index (κ3) is 4.05. The molecule has 0 aliphatic carbocycles. The minimum atomic E-state index is -0.196. The molecule has 2 aromatic heterocycles. The molecule has 1 saturated heterocycles. The second kappa shape index (κ2) is 9.20. The van der Waals surface area contributed by atoms with Gasteiger partial charge in [0.1, 0.15) is 0 Å². The standard InChI is InChI=1S/C27H23N7O2/c28-27-32-24-23(25(33-27)34-12-14-36-15-13-34)30-22(16-29-24)20-9-3-4-11-21(20)31-26(35)19-10-5-7-17-6-1-2-8-18(17)19/h1-11,16H,12-15H2,(H,31,35)(H2,28,29,32,33). The number of carbonyl (C=O) groups is 1. The van der Waals surface area contributed by atoms with E-state index in [4.69, 9.17) is 15.5 Å². The molecular weight excluding hydrogens is 454 g/mol. The lowest BCUT2D eigenvalue weighted by Crippen LogP contribution is -2.37. The zero-order valence-corrected chi connectivity index (χ0v) is 19.4. The van der Waals surface area contributed by atoms with Crippen LogP contribution in [0.15, 0.2) is 72.9 Å². The average molecular weight is 478 g/mol. The molecule has 36 heavy (non-hydrogen) atoms. The lowest BCUT2D eigenvalue weighted by molar-refractivity contribution is 0.102. The topological polar surface area (TPSA) is 119 Å². The first-order valence-corrected chi connectivity index (χ1v) is 11.7. The van der Waals surface area contributed by atoms with E-state index in [0.717, 1.165) is 16.3 Å². The van der Waals surface area contributed by atoms with E-state index in [1.165, 1.54) is 0 Å². The second-order valence-corrected chi connectivity index (χ2v) is 8.46. The Morgan fingerprint density at radius 3 is 2.58 bits per heavy atom. The Morgan fingerprint density at radius 2 is 1.69 bits per heavy atom. The smallest absolute Gasteiger partial charge is 0.256 e. The van der Waals surface area contributed by atoms with E-state index in [0.29, 0.717) is 60.2 Å². The van der Waals surface area contributed by atoms with Crippen molar-refractivity contribution in [2.24, 2.45) is 0 Å². The van der Waals surface area contributed by atoms with Gasteiger partial charge in [-0.05, 0) is 22.9 Å². The largest absolute Gasteiger partial charge is 0.378 e. The number of ether oxygens (including phenoxy) is 1. The molecule has 0 unspecified atom stereocenters. The molecule has 6 rings (SSSR count). The van der Waals surface area contributed by atoms with Gasteiger partial charge >= 0.3 is 0 Å². The highest BCUT2D eigenvalue weighted by molar-refractivity contribution is 6.13. The summed E-state index contributed by atoms with van der Waals surface area (Å²) in [5.41, 5.74) is 9.51. The molecule has 3 heterocycles. The number of nitrogens with two attached hydrogens (primary N) is 1. The summed E-state index contributed by atoms with van der Waals surface area (Å²) in [6.07, 6.45) is 1.64. The lowest BCUT2D eigenvalue weighted by atomic mass is 10.0. The minimum Gasteiger partial charge on any atom is -0.378 e. The van der Waals surface area contributed by atoms with E-state index >= 15 is 0 Å². The van der Waals surface area contributed by atoms with Crippen molar-refractivity contribution in [2.75, 3.05) is 42.3 Å². The monoisotopic (exact) mass is 477 g/mol. The molecule has 1 amide bonds. The summed E-state index contributed by atoms with van der Waals surface area (Å²) in [6, 6.07) is 21.1. The molecule has 0 spiro atoms. The number of amides is 1. The summed E-state index contributed by atoms with van der Waals surface area (Å²) in [5.74, 6) is 0.583. The normalized spacial score (nSPS) is 13.7. The number of aromatic nitrogens is 4. The number of nitrogens with one attached hydrogen (secondary N) is 1. The zero-order valence-electron chi connectivity index (χ0n) is 19.4. The van der Waals surface area contributed by atoms with Gasteiger partial charge in [0, 0.05) is 24.2 Å². The first-order chi connectivity index (χ1) is 17.7. The van der Waals surface area contributed by atoms with Gasteiger partial charge in [-0.1, -0.05) is 54.6 Å². The highest BCUT2D eigenvalue weighted by Gasteiger charge is 2.20. The van der Waals surface area contributed by atoms with E-state index in [1.54, 1.807) is 6.20 Å². The molecule has 3 aromatic carbocycles. The van der Waals surface area contributed by atoms with Crippen molar-refractivity contribution < 1.29 is 9.53 Å². The molecule has 1 aliphatic rings. The fourth-order valence-corrected chi connectivity index (χ4v) is 4.46. The predicted molar refractivity (Wildman–Crippen MR) is 140 cm³/mol. The molecule has 3 N–H and O–H groups in total. The van der Waals surface area contributed by atoms with Gasteiger partial charge in [-0.15, -0.1) is 0 Å². The van der Waals surface area contributed by atoms with Crippen LogP contribution in [0.2, 0.25) is 0 Å². The third-order valence-electron chi connectivity index (χ3n) is 6.20. The van der Waals surface area contributed by atoms with Crippen molar-refractivity contribution in [3.63, 3.8) is 0 Å².